The largest absolute Gasteiger partial charge is 0.497 e. The van der Waals surface area contributed by atoms with Crippen molar-refractivity contribution in [3.05, 3.63) is 23.8 Å². The third-order valence-electron chi connectivity index (χ3n) is 3.68. The highest BCUT2D eigenvalue weighted by molar-refractivity contribution is 5.85. The molecule has 1 atom stereocenters. The second-order valence-corrected chi connectivity index (χ2v) is 5.70. The van der Waals surface area contributed by atoms with Crippen molar-refractivity contribution in [2.24, 2.45) is 5.73 Å². The summed E-state index contributed by atoms with van der Waals surface area (Å²) >= 11 is 0. The van der Waals surface area contributed by atoms with Gasteiger partial charge in [0.25, 0.3) is 0 Å². The first-order valence-electron chi connectivity index (χ1n) is 7.72. The zero-order valence-corrected chi connectivity index (χ0v) is 14.1. The number of aryl methyl sites for hydroxylation is 1. The van der Waals surface area contributed by atoms with Crippen LogP contribution < -0.4 is 20.5 Å². The number of carbonyl (C=O) groups excluding carboxylic acids is 1. The molecule has 1 amide bonds. The van der Waals surface area contributed by atoms with Gasteiger partial charge in [0.15, 0.2) is 0 Å². The number of methoxy groups -OCH3 is 2. The average molecular weight is 308 g/mol. The van der Waals surface area contributed by atoms with Crippen LogP contribution in [0.15, 0.2) is 18.2 Å². The molecule has 124 valence electrons. The van der Waals surface area contributed by atoms with Gasteiger partial charge in [0.1, 0.15) is 11.5 Å². The van der Waals surface area contributed by atoms with Crippen molar-refractivity contribution in [1.82, 2.24) is 5.32 Å². The fourth-order valence-corrected chi connectivity index (χ4v) is 2.39. The molecule has 1 aromatic rings. The number of carbonyl (C=O) groups is 1. The van der Waals surface area contributed by atoms with E-state index in [9.17, 15) is 4.79 Å². The first-order valence-corrected chi connectivity index (χ1v) is 7.72. The number of amides is 1. The van der Waals surface area contributed by atoms with E-state index in [1.165, 1.54) is 0 Å². The van der Waals surface area contributed by atoms with Gasteiger partial charge in [-0.1, -0.05) is 13.3 Å². The third kappa shape index (κ3) is 5.22. The van der Waals surface area contributed by atoms with Crippen LogP contribution in [0.25, 0.3) is 0 Å². The van der Waals surface area contributed by atoms with Crippen LogP contribution in [-0.2, 0) is 11.2 Å². The standard InChI is InChI=1S/C17H28N2O3/c1-5-10-17(2,18)16(20)19-11-6-7-13-12-14(21-3)8-9-15(13)22-4/h8-9,12H,5-7,10-11,18H2,1-4H3,(H,19,20). The van der Waals surface area contributed by atoms with E-state index in [1.807, 2.05) is 25.1 Å². The maximum atomic E-state index is 12.0. The van der Waals surface area contributed by atoms with Gasteiger partial charge in [-0.3, -0.25) is 4.79 Å². The van der Waals surface area contributed by atoms with E-state index in [0.717, 1.165) is 36.3 Å². The predicted octanol–water partition coefficient (Wildman–Crippen LogP) is 2.27. The lowest BCUT2D eigenvalue weighted by Gasteiger charge is -2.22. The number of hydrogen-bond donors (Lipinski definition) is 2. The number of nitrogens with one attached hydrogen (secondary N) is 1. The molecule has 0 spiro atoms. The van der Waals surface area contributed by atoms with Crippen molar-refractivity contribution < 1.29 is 14.3 Å². The minimum Gasteiger partial charge on any atom is -0.497 e. The van der Waals surface area contributed by atoms with Gasteiger partial charge in [-0.05, 0) is 49.9 Å². The molecule has 0 aliphatic carbocycles. The Morgan fingerprint density at radius 2 is 2.05 bits per heavy atom. The van der Waals surface area contributed by atoms with Crippen molar-refractivity contribution in [2.45, 2.75) is 45.1 Å². The highest BCUT2D eigenvalue weighted by atomic mass is 16.5. The molecule has 0 aliphatic heterocycles. The molecule has 1 rings (SSSR count). The van der Waals surface area contributed by atoms with Gasteiger partial charge in [-0.15, -0.1) is 0 Å². The van der Waals surface area contributed by atoms with Crippen LogP contribution in [0, 0.1) is 0 Å². The molecule has 0 heterocycles. The number of hydrogen-bond acceptors (Lipinski definition) is 4. The van der Waals surface area contributed by atoms with Crippen molar-refractivity contribution in [2.75, 3.05) is 20.8 Å². The van der Waals surface area contributed by atoms with Gasteiger partial charge >= 0.3 is 0 Å². The number of ether oxygens (including phenoxy) is 2. The minimum atomic E-state index is -0.789. The van der Waals surface area contributed by atoms with E-state index < -0.39 is 5.54 Å². The summed E-state index contributed by atoms with van der Waals surface area (Å²) < 4.78 is 10.6. The van der Waals surface area contributed by atoms with Gasteiger partial charge in [-0.2, -0.15) is 0 Å². The summed E-state index contributed by atoms with van der Waals surface area (Å²) in [7, 11) is 3.29. The Morgan fingerprint density at radius 3 is 2.64 bits per heavy atom. The molecule has 22 heavy (non-hydrogen) atoms. The lowest BCUT2D eigenvalue weighted by molar-refractivity contribution is -0.126. The molecular formula is C17H28N2O3. The Labute approximate surface area is 133 Å². The lowest BCUT2D eigenvalue weighted by atomic mass is 9.96. The average Bonchev–Trinajstić information content (AvgIpc) is 2.50. The van der Waals surface area contributed by atoms with Gasteiger partial charge in [-0.25, -0.2) is 0 Å². The zero-order chi connectivity index (χ0) is 16.6. The summed E-state index contributed by atoms with van der Waals surface area (Å²) in [5.74, 6) is 1.55. The van der Waals surface area contributed by atoms with E-state index in [4.69, 9.17) is 15.2 Å². The van der Waals surface area contributed by atoms with Gasteiger partial charge in [0.2, 0.25) is 5.91 Å². The Hall–Kier alpha value is -1.75. The maximum absolute atomic E-state index is 12.0. The molecule has 0 bridgehead atoms. The fourth-order valence-electron chi connectivity index (χ4n) is 2.39. The summed E-state index contributed by atoms with van der Waals surface area (Å²) in [5.41, 5.74) is 6.28. The molecule has 0 aromatic heterocycles. The first kappa shape index (κ1) is 18.3. The summed E-state index contributed by atoms with van der Waals surface area (Å²) in [6.45, 7) is 4.39. The van der Waals surface area contributed by atoms with Crippen LogP contribution in [0.2, 0.25) is 0 Å². The molecule has 1 aromatic carbocycles. The molecule has 0 fully saturated rings. The monoisotopic (exact) mass is 308 g/mol. The minimum absolute atomic E-state index is 0.0908. The lowest BCUT2D eigenvalue weighted by Crippen LogP contribution is -2.51. The third-order valence-corrected chi connectivity index (χ3v) is 3.68. The quantitative estimate of drug-likeness (QED) is 0.686. The molecule has 0 radical (unpaired) electrons. The Bertz CT molecular complexity index is 487. The zero-order valence-electron chi connectivity index (χ0n) is 14.1. The first-order chi connectivity index (χ1) is 10.4. The fraction of sp³-hybridized carbons (Fsp3) is 0.588. The van der Waals surface area contributed by atoms with Crippen molar-refractivity contribution >= 4 is 5.91 Å². The Kier molecular flexibility index (Phi) is 7.18. The van der Waals surface area contributed by atoms with Crippen molar-refractivity contribution in [3.63, 3.8) is 0 Å². The van der Waals surface area contributed by atoms with E-state index in [0.29, 0.717) is 13.0 Å². The highest BCUT2D eigenvalue weighted by Gasteiger charge is 2.26. The SMILES string of the molecule is CCCC(C)(N)C(=O)NCCCc1cc(OC)ccc1OC. The number of nitrogens with two attached hydrogens (primary N) is 1. The topological polar surface area (TPSA) is 73.6 Å². The van der Waals surface area contributed by atoms with Crippen molar-refractivity contribution in [3.8, 4) is 11.5 Å². The molecule has 0 aliphatic rings. The maximum Gasteiger partial charge on any atom is 0.239 e. The van der Waals surface area contributed by atoms with Crippen LogP contribution in [0.1, 0.15) is 38.7 Å². The van der Waals surface area contributed by atoms with Gasteiger partial charge in [0.05, 0.1) is 19.8 Å². The smallest absolute Gasteiger partial charge is 0.239 e. The molecule has 5 heteroatoms. The van der Waals surface area contributed by atoms with Crippen molar-refractivity contribution in [1.29, 1.82) is 0 Å². The molecular weight excluding hydrogens is 280 g/mol. The van der Waals surface area contributed by atoms with E-state index in [2.05, 4.69) is 5.32 Å². The molecule has 5 nitrogen and oxygen atoms in total. The van der Waals surface area contributed by atoms with Gasteiger partial charge < -0.3 is 20.5 Å². The van der Waals surface area contributed by atoms with Crippen LogP contribution >= 0.6 is 0 Å². The molecule has 3 N–H and O–H groups in total. The number of benzene rings is 1. The van der Waals surface area contributed by atoms with E-state index >= 15 is 0 Å². The second kappa shape index (κ2) is 8.63. The van der Waals surface area contributed by atoms with E-state index in [-0.39, 0.29) is 5.91 Å². The Morgan fingerprint density at radius 1 is 1.32 bits per heavy atom. The summed E-state index contributed by atoms with van der Waals surface area (Å²) in [4.78, 5) is 12.0. The Balaban J connectivity index is 2.49. The molecule has 0 saturated heterocycles. The predicted molar refractivity (Wildman–Crippen MR) is 88.4 cm³/mol. The molecule has 1 unspecified atom stereocenters. The summed E-state index contributed by atoms with van der Waals surface area (Å²) in [6, 6.07) is 5.73. The van der Waals surface area contributed by atoms with Crippen LogP contribution in [-0.4, -0.2) is 32.2 Å². The number of rotatable bonds is 9. The van der Waals surface area contributed by atoms with Crippen LogP contribution in [0.5, 0.6) is 11.5 Å². The highest BCUT2D eigenvalue weighted by Crippen LogP contribution is 2.24. The normalized spacial score (nSPS) is 13.3. The summed E-state index contributed by atoms with van der Waals surface area (Å²) in [5, 5.41) is 2.91. The van der Waals surface area contributed by atoms with Gasteiger partial charge in [0, 0.05) is 6.54 Å². The summed E-state index contributed by atoms with van der Waals surface area (Å²) in [6.07, 6.45) is 3.19. The molecule has 0 saturated carbocycles. The van der Waals surface area contributed by atoms with Crippen LogP contribution in [0.3, 0.4) is 0 Å². The second-order valence-electron chi connectivity index (χ2n) is 5.70. The van der Waals surface area contributed by atoms with E-state index in [1.54, 1.807) is 21.1 Å². The van der Waals surface area contributed by atoms with Crippen LogP contribution in [0.4, 0.5) is 0 Å².